The van der Waals surface area contributed by atoms with Crippen LogP contribution in [0.1, 0.15) is 11.1 Å². The zero-order chi connectivity index (χ0) is 14.8. The third-order valence-electron chi connectivity index (χ3n) is 3.05. The highest BCUT2D eigenvalue weighted by Crippen LogP contribution is 2.37. The van der Waals surface area contributed by atoms with E-state index >= 15 is 0 Å². The minimum Gasteiger partial charge on any atom is -0.496 e. The van der Waals surface area contributed by atoms with Crippen LogP contribution in [0.15, 0.2) is 42.5 Å². The first kappa shape index (κ1) is 17.3. The molecule has 0 aliphatic carbocycles. The average molecular weight is 318 g/mol. The number of para-hydroxylation sites is 1. The average Bonchev–Trinajstić information content (AvgIpc) is 2.45. The Morgan fingerprint density at radius 3 is 2.33 bits per heavy atom. The second-order valence-corrected chi connectivity index (χ2v) is 4.27. The van der Waals surface area contributed by atoms with E-state index < -0.39 is 11.7 Å². The van der Waals surface area contributed by atoms with Gasteiger partial charge in [-0.2, -0.15) is 13.2 Å². The predicted molar refractivity (Wildman–Crippen MR) is 78.6 cm³/mol. The highest BCUT2D eigenvalue weighted by molar-refractivity contribution is 5.85. The maximum absolute atomic E-state index is 13.0. The van der Waals surface area contributed by atoms with Gasteiger partial charge in [-0.15, -0.1) is 12.4 Å². The van der Waals surface area contributed by atoms with Crippen molar-refractivity contribution in [1.29, 1.82) is 0 Å². The molecule has 6 heteroatoms. The lowest BCUT2D eigenvalue weighted by Gasteiger charge is -2.15. The van der Waals surface area contributed by atoms with E-state index in [4.69, 9.17) is 10.5 Å². The summed E-state index contributed by atoms with van der Waals surface area (Å²) in [6, 6.07) is 11.1. The summed E-state index contributed by atoms with van der Waals surface area (Å²) in [6.45, 7) is -0.152. The number of methoxy groups -OCH3 is 1. The second kappa shape index (κ2) is 6.83. The van der Waals surface area contributed by atoms with Crippen molar-refractivity contribution in [2.24, 2.45) is 5.73 Å². The molecule has 114 valence electrons. The summed E-state index contributed by atoms with van der Waals surface area (Å²) in [5, 5.41) is 0. The molecule has 0 bridgehead atoms. The largest absolute Gasteiger partial charge is 0.496 e. The number of alkyl halides is 3. The first-order valence-corrected chi connectivity index (χ1v) is 6.01. The van der Waals surface area contributed by atoms with E-state index in [0.29, 0.717) is 16.9 Å². The maximum Gasteiger partial charge on any atom is 0.416 e. The van der Waals surface area contributed by atoms with Gasteiger partial charge < -0.3 is 10.5 Å². The van der Waals surface area contributed by atoms with E-state index in [-0.39, 0.29) is 24.5 Å². The van der Waals surface area contributed by atoms with Gasteiger partial charge in [0.15, 0.2) is 0 Å². The Kier molecular flexibility index (Phi) is 5.63. The summed E-state index contributed by atoms with van der Waals surface area (Å²) in [6.07, 6.45) is -4.42. The molecule has 0 amide bonds. The highest BCUT2D eigenvalue weighted by atomic mass is 35.5. The molecule has 0 radical (unpaired) electrons. The van der Waals surface area contributed by atoms with Crippen LogP contribution in [0.2, 0.25) is 0 Å². The summed E-state index contributed by atoms with van der Waals surface area (Å²) < 4.78 is 44.3. The molecule has 0 aliphatic rings. The fourth-order valence-electron chi connectivity index (χ4n) is 2.07. The van der Waals surface area contributed by atoms with Gasteiger partial charge in [0.2, 0.25) is 0 Å². The Balaban J connectivity index is 0.00000220. The third kappa shape index (κ3) is 3.68. The molecule has 0 fully saturated rings. The van der Waals surface area contributed by atoms with Gasteiger partial charge in [-0.05, 0) is 23.3 Å². The molecule has 0 aliphatic heterocycles. The highest BCUT2D eigenvalue weighted by Gasteiger charge is 2.33. The molecule has 0 spiro atoms. The topological polar surface area (TPSA) is 35.2 Å². The molecule has 2 aromatic carbocycles. The van der Waals surface area contributed by atoms with Gasteiger partial charge in [0.1, 0.15) is 5.75 Å². The van der Waals surface area contributed by atoms with Crippen LogP contribution in [0, 0.1) is 0 Å². The predicted octanol–water partition coefficient (Wildman–Crippen LogP) is 4.26. The van der Waals surface area contributed by atoms with Crippen molar-refractivity contribution < 1.29 is 17.9 Å². The third-order valence-corrected chi connectivity index (χ3v) is 3.05. The van der Waals surface area contributed by atoms with Crippen molar-refractivity contribution in [3.8, 4) is 16.9 Å². The van der Waals surface area contributed by atoms with Gasteiger partial charge in [-0.3, -0.25) is 0 Å². The fourth-order valence-corrected chi connectivity index (χ4v) is 2.07. The molecule has 0 aromatic heterocycles. The van der Waals surface area contributed by atoms with E-state index in [1.54, 1.807) is 30.3 Å². The number of ether oxygens (including phenoxy) is 1. The van der Waals surface area contributed by atoms with E-state index in [1.807, 2.05) is 0 Å². The van der Waals surface area contributed by atoms with E-state index in [2.05, 4.69) is 0 Å². The van der Waals surface area contributed by atoms with Crippen LogP contribution in [0.3, 0.4) is 0 Å². The van der Waals surface area contributed by atoms with Crippen LogP contribution in [0.4, 0.5) is 13.2 Å². The number of hydrogen-bond donors (Lipinski definition) is 1. The first-order chi connectivity index (χ1) is 9.47. The summed E-state index contributed by atoms with van der Waals surface area (Å²) in [5.74, 6) is 0.529. The Bertz CT molecular complexity index is 614. The van der Waals surface area contributed by atoms with Crippen molar-refractivity contribution in [3.05, 3.63) is 53.6 Å². The van der Waals surface area contributed by atoms with E-state index in [9.17, 15) is 13.2 Å². The van der Waals surface area contributed by atoms with Gasteiger partial charge in [0.05, 0.1) is 12.7 Å². The Morgan fingerprint density at radius 2 is 1.76 bits per heavy atom. The SMILES string of the molecule is COc1ccccc1-c1ccc(CN)c(C(F)(F)F)c1.Cl. The molecule has 0 atom stereocenters. The molecule has 0 saturated carbocycles. The molecular weight excluding hydrogens is 303 g/mol. The lowest BCUT2D eigenvalue weighted by Crippen LogP contribution is -2.12. The lowest BCUT2D eigenvalue weighted by molar-refractivity contribution is -0.138. The Hall–Kier alpha value is -1.72. The lowest BCUT2D eigenvalue weighted by atomic mass is 9.98. The summed E-state index contributed by atoms with van der Waals surface area (Å²) in [7, 11) is 1.48. The minimum atomic E-state index is -4.42. The van der Waals surface area contributed by atoms with Crippen LogP contribution in [0.5, 0.6) is 5.75 Å². The van der Waals surface area contributed by atoms with Gasteiger partial charge in [0.25, 0.3) is 0 Å². The Morgan fingerprint density at radius 1 is 1.10 bits per heavy atom. The van der Waals surface area contributed by atoms with Gasteiger partial charge in [-0.25, -0.2) is 0 Å². The molecular formula is C15H15ClF3NO. The van der Waals surface area contributed by atoms with Crippen LogP contribution in [-0.2, 0) is 12.7 Å². The monoisotopic (exact) mass is 317 g/mol. The molecule has 2 nitrogen and oxygen atoms in total. The van der Waals surface area contributed by atoms with E-state index in [1.165, 1.54) is 13.2 Å². The molecule has 21 heavy (non-hydrogen) atoms. The quantitative estimate of drug-likeness (QED) is 0.918. The first-order valence-electron chi connectivity index (χ1n) is 6.01. The van der Waals surface area contributed by atoms with Crippen LogP contribution in [-0.4, -0.2) is 7.11 Å². The molecule has 0 unspecified atom stereocenters. The molecule has 0 saturated heterocycles. The normalized spacial score (nSPS) is 10.9. The number of hydrogen-bond acceptors (Lipinski definition) is 2. The van der Waals surface area contributed by atoms with Crippen molar-refractivity contribution >= 4 is 12.4 Å². The number of nitrogens with two attached hydrogens (primary N) is 1. The summed E-state index contributed by atoms with van der Waals surface area (Å²) >= 11 is 0. The van der Waals surface area contributed by atoms with E-state index in [0.717, 1.165) is 6.07 Å². The van der Waals surface area contributed by atoms with Gasteiger partial charge >= 0.3 is 6.18 Å². The second-order valence-electron chi connectivity index (χ2n) is 4.27. The molecule has 2 aromatic rings. The van der Waals surface area contributed by atoms with Crippen molar-refractivity contribution in [3.63, 3.8) is 0 Å². The summed E-state index contributed by atoms with van der Waals surface area (Å²) in [4.78, 5) is 0. The zero-order valence-corrected chi connectivity index (χ0v) is 12.1. The maximum atomic E-state index is 13.0. The zero-order valence-electron chi connectivity index (χ0n) is 11.3. The minimum absolute atomic E-state index is 0. The van der Waals surface area contributed by atoms with Crippen molar-refractivity contribution in [1.82, 2.24) is 0 Å². The molecule has 2 N–H and O–H groups in total. The number of halogens is 4. The Labute approximate surface area is 127 Å². The summed E-state index contributed by atoms with van der Waals surface area (Å²) in [5.41, 5.74) is 5.81. The number of rotatable bonds is 3. The molecule has 2 rings (SSSR count). The van der Waals surface area contributed by atoms with Crippen LogP contribution in [0.25, 0.3) is 11.1 Å². The van der Waals surface area contributed by atoms with Gasteiger partial charge in [-0.1, -0.05) is 30.3 Å². The van der Waals surface area contributed by atoms with Crippen LogP contribution >= 0.6 is 12.4 Å². The van der Waals surface area contributed by atoms with Crippen LogP contribution < -0.4 is 10.5 Å². The smallest absolute Gasteiger partial charge is 0.416 e. The molecule has 0 heterocycles. The standard InChI is InChI=1S/C15H14F3NO.ClH/c1-20-14-5-3-2-4-12(14)10-6-7-11(9-19)13(8-10)15(16,17)18;/h2-8H,9,19H2,1H3;1H. The van der Waals surface area contributed by atoms with Crippen molar-refractivity contribution in [2.75, 3.05) is 7.11 Å². The van der Waals surface area contributed by atoms with Crippen molar-refractivity contribution in [2.45, 2.75) is 12.7 Å². The van der Waals surface area contributed by atoms with Gasteiger partial charge in [0, 0.05) is 12.1 Å². The number of benzene rings is 2. The fraction of sp³-hybridized carbons (Fsp3) is 0.200.